The Kier molecular flexibility index (Phi) is 4.01. The molecule has 0 aromatic carbocycles. The Morgan fingerprint density at radius 1 is 1.65 bits per heavy atom. The molecule has 2 amide bonds. The number of ether oxygens (including phenoxy) is 1. The van der Waals surface area contributed by atoms with E-state index >= 15 is 0 Å². The molecule has 1 fully saturated rings. The lowest BCUT2D eigenvalue weighted by molar-refractivity contribution is -0.218. The molecule has 6 heteroatoms. The molecule has 17 heavy (non-hydrogen) atoms. The lowest BCUT2D eigenvalue weighted by atomic mass is 9.85. The maximum atomic E-state index is 11.9. The Bertz CT molecular complexity index is 365. The third-order valence-electron chi connectivity index (χ3n) is 2.55. The molecule has 1 rings (SSSR count). The van der Waals surface area contributed by atoms with Crippen molar-refractivity contribution in [3.8, 4) is 0 Å². The summed E-state index contributed by atoms with van der Waals surface area (Å²) < 4.78 is 4.86. The molecule has 1 aliphatic heterocycles. The molecule has 1 heterocycles. The molecule has 0 saturated carbocycles. The third-order valence-corrected chi connectivity index (χ3v) is 2.55. The number of carbonyl (C=O) groups excluding carboxylic acids is 3. The van der Waals surface area contributed by atoms with Crippen LogP contribution in [0.1, 0.15) is 20.3 Å². The lowest BCUT2D eigenvalue weighted by Crippen LogP contribution is -2.53. The zero-order valence-electron chi connectivity index (χ0n) is 9.89. The fourth-order valence-electron chi connectivity index (χ4n) is 1.45. The second-order valence-corrected chi connectivity index (χ2v) is 3.92. The van der Waals surface area contributed by atoms with Gasteiger partial charge < -0.3 is 4.74 Å². The van der Waals surface area contributed by atoms with Crippen LogP contribution in [0.4, 0.5) is 0 Å². The highest BCUT2D eigenvalue weighted by Gasteiger charge is 2.49. The normalized spacial score (nSPS) is 24.4. The molecular formula is C11H15NO5. The first kappa shape index (κ1) is 13.4. The number of esters is 1. The van der Waals surface area contributed by atoms with Gasteiger partial charge in [0.1, 0.15) is 12.0 Å². The molecule has 0 aliphatic carbocycles. The van der Waals surface area contributed by atoms with E-state index in [1.807, 2.05) is 0 Å². The molecule has 94 valence electrons. The van der Waals surface area contributed by atoms with Crippen LogP contribution in [0, 0.1) is 5.41 Å². The number of hydroxylamine groups is 2. The second kappa shape index (κ2) is 5.09. The Morgan fingerprint density at radius 3 is 2.82 bits per heavy atom. The van der Waals surface area contributed by atoms with E-state index in [1.165, 1.54) is 19.9 Å². The van der Waals surface area contributed by atoms with Crippen LogP contribution in [-0.2, 0) is 24.0 Å². The Balaban J connectivity index is 2.86. The minimum absolute atomic E-state index is 0.0304. The Labute approximate surface area is 99.1 Å². The summed E-state index contributed by atoms with van der Waals surface area (Å²) >= 11 is 0. The van der Waals surface area contributed by atoms with E-state index in [2.05, 4.69) is 6.58 Å². The van der Waals surface area contributed by atoms with Crippen LogP contribution in [0.2, 0.25) is 0 Å². The van der Waals surface area contributed by atoms with Crippen molar-refractivity contribution in [1.29, 1.82) is 0 Å². The van der Waals surface area contributed by atoms with Crippen molar-refractivity contribution in [3.05, 3.63) is 12.7 Å². The van der Waals surface area contributed by atoms with Crippen LogP contribution < -0.4 is 0 Å². The number of hydrogen-bond acceptors (Lipinski definition) is 5. The highest BCUT2D eigenvalue weighted by Crippen LogP contribution is 2.30. The first-order chi connectivity index (χ1) is 7.93. The van der Waals surface area contributed by atoms with Crippen LogP contribution in [0.5, 0.6) is 0 Å². The summed E-state index contributed by atoms with van der Waals surface area (Å²) in [5.74, 6) is -1.92. The minimum atomic E-state index is -1.37. The van der Waals surface area contributed by atoms with Crippen molar-refractivity contribution in [2.45, 2.75) is 20.3 Å². The number of nitrogens with zero attached hydrogens (tertiary/aromatic N) is 1. The third kappa shape index (κ3) is 2.52. The van der Waals surface area contributed by atoms with Crippen molar-refractivity contribution >= 4 is 17.8 Å². The number of hydrogen-bond donors (Lipinski definition) is 0. The van der Waals surface area contributed by atoms with Gasteiger partial charge in [0.2, 0.25) is 5.91 Å². The number of amides is 2. The highest BCUT2D eigenvalue weighted by atomic mass is 16.7. The summed E-state index contributed by atoms with van der Waals surface area (Å²) in [6, 6.07) is 0. The van der Waals surface area contributed by atoms with E-state index in [9.17, 15) is 14.4 Å². The van der Waals surface area contributed by atoms with Crippen LogP contribution in [0.15, 0.2) is 12.7 Å². The quantitative estimate of drug-likeness (QED) is 0.407. The molecular weight excluding hydrogens is 226 g/mol. The van der Waals surface area contributed by atoms with Gasteiger partial charge in [0.05, 0.1) is 6.61 Å². The molecule has 1 unspecified atom stereocenters. The summed E-state index contributed by atoms with van der Waals surface area (Å²) in [4.78, 5) is 39.8. The maximum Gasteiger partial charge on any atom is 0.321 e. The van der Waals surface area contributed by atoms with Gasteiger partial charge >= 0.3 is 5.97 Å². The van der Waals surface area contributed by atoms with E-state index in [0.29, 0.717) is 5.06 Å². The van der Waals surface area contributed by atoms with E-state index in [4.69, 9.17) is 9.57 Å². The van der Waals surface area contributed by atoms with Crippen molar-refractivity contribution in [2.75, 3.05) is 13.2 Å². The van der Waals surface area contributed by atoms with Gasteiger partial charge in [0.15, 0.2) is 0 Å². The standard InChI is InChI=1S/C11H15NO5/c1-4-6-16-10(15)11(3)5-7-17-12(8(2)13)9(11)14/h4H,1,5-7H2,2-3H3. The van der Waals surface area contributed by atoms with Crippen LogP contribution in [0.3, 0.4) is 0 Å². The van der Waals surface area contributed by atoms with Gasteiger partial charge in [-0.1, -0.05) is 12.7 Å². The first-order valence-electron chi connectivity index (χ1n) is 5.19. The average Bonchev–Trinajstić information content (AvgIpc) is 2.29. The summed E-state index contributed by atoms with van der Waals surface area (Å²) in [5, 5.41) is 0.610. The van der Waals surface area contributed by atoms with Crippen LogP contribution in [0.25, 0.3) is 0 Å². The summed E-state index contributed by atoms with van der Waals surface area (Å²) in [5.41, 5.74) is -1.37. The minimum Gasteiger partial charge on any atom is -0.461 e. The monoisotopic (exact) mass is 241 g/mol. The second-order valence-electron chi connectivity index (χ2n) is 3.92. The molecule has 0 spiro atoms. The van der Waals surface area contributed by atoms with Crippen molar-refractivity contribution in [1.82, 2.24) is 5.06 Å². The van der Waals surface area contributed by atoms with E-state index in [-0.39, 0.29) is 19.6 Å². The molecule has 1 atom stereocenters. The van der Waals surface area contributed by atoms with Gasteiger partial charge in [-0.2, -0.15) is 5.06 Å². The Hall–Kier alpha value is -1.69. The summed E-state index contributed by atoms with van der Waals surface area (Å²) in [7, 11) is 0. The molecule has 6 nitrogen and oxygen atoms in total. The van der Waals surface area contributed by atoms with Gasteiger partial charge in [-0.15, -0.1) is 0 Å². The number of carbonyl (C=O) groups is 3. The maximum absolute atomic E-state index is 11.9. The SMILES string of the molecule is C=CCOC(=O)C1(C)CCON(C(C)=O)C1=O. The van der Waals surface area contributed by atoms with Gasteiger partial charge in [-0.05, 0) is 13.3 Å². The fourth-order valence-corrected chi connectivity index (χ4v) is 1.45. The Morgan fingerprint density at radius 2 is 2.29 bits per heavy atom. The fraction of sp³-hybridized carbons (Fsp3) is 0.545. The molecule has 1 aliphatic rings. The van der Waals surface area contributed by atoms with Crippen molar-refractivity contribution in [2.24, 2.45) is 5.41 Å². The van der Waals surface area contributed by atoms with Crippen LogP contribution in [-0.4, -0.2) is 36.1 Å². The van der Waals surface area contributed by atoms with E-state index < -0.39 is 23.2 Å². The molecule has 1 saturated heterocycles. The number of imide groups is 1. The smallest absolute Gasteiger partial charge is 0.321 e. The summed E-state index contributed by atoms with van der Waals surface area (Å²) in [6.07, 6.45) is 1.60. The zero-order valence-corrected chi connectivity index (χ0v) is 9.89. The van der Waals surface area contributed by atoms with Gasteiger partial charge in [-0.3, -0.25) is 19.2 Å². The van der Waals surface area contributed by atoms with Gasteiger partial charge in [-0.25, -0.2) is 0 Å². The highest BCUT2D eigenvalue weighted by molar-refractivity contribution is 6.07. The van der Waals surface area contributed by atoms with Crippen LogP contribution >= 0.6 is 0 Å². The largest absolute Gasteiger partial charge is 0.461 e. The molecule has 0 bridgehead atoms. The van der Waals surface area contributed by atoms with E-state index in [1.54, 1.807) is 0 Å². The predicted molar refractivity (Wildman–Crippen MR) is 57.4 cm³/mol. The first-order valence-corrected chi connectivity index (χ1v) is 5.19. The average molecular weight is 241 g/mol. The van der Waals surface area contributed by atoms with Crippen molar-refractivity contribution < 1.29 is 24.0 Å². The molecule has 0 N–H and O–H groups in total. The van der Waals surface area contributed by atoms with Gasteiger partial charge in [0.25, 0.3) is 5.91 Å². The summed E-state index contributed by atoms with van der Waals surface area (Å²) in [6.45, 7) is 6.19. The predicted octanol–water partition coefficient (Wildman–Crippen LogP) is 0.432. The zero-order chi connectivity index (χ0) is 13.1. The topological polar surface area (TPSA) is 72.9 Å². The lowest BCUT2D eigenvalue weighted by Gasteiger charge is -2.34. The molecule has 0 radical (unpaired) electrons. The van der Waals surface area contributed by atoms with E-state index in [0.717, 1.165) is 0 Å². The van der Waals surface area contributed by atoms with Gasteiger partial charge in [0, 0.05) is 6.92 Å². The number of rotatable bonds is 3. The van der Waals surface area contributed by atoms with Crippen molar-refractivity contribution in [3.63, 3.8) is 0 Å². The molecule has 0 aromatic rings. The molecule has 0 aromatic heterocycles.